The van der Waals surface area contributed by atoms with Gasteiger partial charge < -0.3 is 10.6 Å². The fraction of sp³-hybridized carbons (Fsp3) is 0.929. The number of nitrogens with one attached hydrogen (secondary N) is 2. The maximum absolute atomic E-state index is 11.5. The first kappa shape index (κ1) is 12.9. The zero-order valence-corrected chi connectivity index (χ0v) is 11.2. The van der Waals surface area contributed by atoms with E-state index in [0.29, 0.717) is 18.5 Å². The Hall–Kier alpha value is -0.570. The topological polar surface area (TPSA) is 41.1 Å². The second-order valence-electron chi connectivity index (χ2n) is 5.93. The average Bonchev–Trinajstić information content (AvgIpc) is 2.49. The highest BCUT2D eigenvalue weighted by atomic mass is 16.1. The first-order chi connectivity index (χ1) is 8.16. The minimum atomic E-state index is 0.219. The maximum Gasteiger partial charge on any atom is 0.221 e. The van der Waals surface area contributed by atoms with Gasteiger partial charge in [-0.2, -0.15) is 0 Å². The average molecular weight is 238 g/mol. The molecule has 2 fully saturated rings. The molecule has 0 bridgehead atoms. The molecule has 1 aliphatic carbocycles. The lowest BCUT2D eigenvalue weighted by Gasteiger charge is -2.37. The summed E-state index contributed by atoms with van der Waals surface area (Å²) in [5.74, 6) is 1.78. The second kappa shape index (κ2) is 5.85. The summed E-state index contributed by atoms with van der Waals surface area (Å²) >= 11 is 0. The maximum atomic E-state index is 11.5. The summed E-state index contributed by atoms with van der Waals surface area (Å²) < 4.78 is 0. The van der Waals surface area contributed by atoms with Crippen LogP contribution >= 0.6 is 0 Å². The molecule has 98 valence electrons. The van der Waals surface area contributed by atoms with Gasteiger partial charge >= 0.3 is 0 Å². The highest BCUT2D eigenvalue weighted by molar-refractivity contribution is 5.76. The predicted molar refractivity (Wildman–Crippen MR) is 69.8 cm³/mol. The van der Waals surface area contributed by atoms with Crippen LogP contribution in [-0.4, -0.2) is 24.5 Å². The van der Waals surface area contributed by atoms with Gasteiger partial charge in [-0.1, -0.05) is 26.7 Å². The molecule has 1 aliphatic heterocycles. The number of carbonyl (C=O) groups is 1. The Morgan fingerprint density at radius 2 is 2.00 bits per heavy atom. The molecule has 2 rings (SSSR count). The van der Waals surface area contributed by atoms with Crippen molar-refractivity contribution in [3.05, 3.63) is 0 Å². The predicted octanol–water partition coefficient (Wildman–Crippen LogP) is 2.07. The lowest BCUT2D eigenvalue weighted by molar-refractivity contribution is -0.121. The molecule has 0 radical (unpaired) electrons. The van der Waals surface area contributed by atoms with Crippen molar-refractivity contribution in [2.24, 2.45) is 11.8 Å². The molecule has 0 spiro atoms. The van der Waals surface area contributed by atoms with Gasteiger partial charge in [-0.05, 0) is 31.1 Å². The van der Waals surface area contributed by atoms with Crippen molar-refractivity contribution in [1.82, 2.24) is 10.6 Å². The van der Waals surface area contributed by atoms with Crippen LogP contribution in [0.5, 0.6) is 0 Å². The zero-order valence-electron chi connectivity index (χ0n) is 11.2. The summed E-state index contributed by atoms with van der Waals surface area (Å²) in [4.78, 5) is 11.5. The van der Waals surface area contributed by atoms with Crippen LogP contribution in [-0.2, 0) is 4.79 Å². The van der Waals surface area contributed by atoms with E-state index in [9.17, 15) is 4.79 Å². The van der Waals surface area contributed by atoms with Crippen molar-refractivity contribution < 1.29 is 4.79 Å². The van der Waals surface area contributed by atoms with Crippen LogP contribution in [0.3, 0.4) is 0 Å². The van der Waals surface area contributed by atoms with Crippen LogP contribution in [0.1, 0.15) is 52.4 Å². The highest BCUT2D eigenvalue weighted by Crippen LogP contribution is 2.30. The van der Waals surface area contributed by atoms with Crippen molar-refractivity contribution in [2.45, 2.75) is 64.5 Å². The van der Waals surface area contributed by atoms with Crippen LogP contribution in [0.2, 0.25) is 0 Å². The van der Waals surface area contributed by atoms with Crippen molar-refractivity contribution in [3.63, 3.8) is 0 Å². The molecule has 4 atom stereocenters. The van der Waals surface area contributed by atoms with Gasteiger partial charge in [0, 0.05) is 25.0 Å². The number of carbonyl (C=O) groups excluding carboxylic acids is 1. The standard InChI is InChI=1S/C14H26N2O/c1-10-5-3-7-13(11(10)2)16-12-6-4-8-15-14(17)9-12/h10-13,16H,3-9H2,1-2H3,(H,15,17). The third kappa shape index (κ3) is 3.44. The quantitative estimate of drug-likeness (QED) is 0.773. The van der Waals surface area contributed by atoms with Crippen molar-refractivity contribution in [2.75, 3.05) is 6.54 Å². The van der Waals surface area contributed by atoms with Crippen molar-refractivity contribution in [3.8, 4) is 0 Å². The van der Waals surface area contributed by atoms with E-state index in [4.69, 9.17) is 0 Å². The van der Waals surface area contributed by atoms with Crippen molar-refractivity contribution >= 4 is 5.91 Å². The van der Waals surface area contributed by atoms with Crippen LogP contribution in [0.15, 0.2) is 0 Å². The van der Waals surface area contributed by atoms with Crippen LogP contribution in [0, 0.1) is 11.8 Å². The molecule has 4 unspecified atom stereocenters. The van der Waals surface area contributed by atoms with E-state index >= 15 is 0 Å². The summed E-state index contributed by atoms with van der Waals surface area (Å²) in [7, 11) is 0. The lowest BCUT2D eigenvalue weighted by atomic mass is 9.77. The van der Waals surface area contributed by atoms with Gasteiger partial charge in [-0.25, -0.2) is 0 Å². The van der Waals surface area contributed by atoms with Gasteiger partial charge in [0.25, 0.3) is 0 Å². The molecule has 2 N–H and O–H groups in total. The molecule has 17 heavy (non-hydrogen) atoms. The molecule has 2 aliphatic rings. The third-order valence-electron chi connectivity index (χ3n) is 4.64. The Balaban J connectivity index is 1.88. The highest BCUT2D eigenvalue weighted by Gasteiger charge is 2.29. The molecule has 1 amide bonds. The molecule has 0 aromatic heterocycles. The summed E-state index contributed by atoms with van der Waals surface area (Å²) in [6, 6.07) is 1.02. The Labute approximate surface area is 105 Å². The fourth-order valence-electron chi connectivity index (χ4n) is 3.24. The summed E-state index contributed by atoms with van der Waals surface area (Å²) in [5, 5.41) is 6.70. The van der Waals surface area contributed by atoms with Gasteiger partial charge in [0.15, 0.2) is 0 Å². The normalized spacial score (nSPS) is 39.5. The minimum absolute atomic E-state index is 0.219. The van der Waals surface area contributed by atoms with E-state index in [1.807, 2.05) is 0 Å². The van der Waals surface area contributed by atoms with Crippen LogP contribution < -0.4 is 10.6 Å². The van der Waals surface area contributed by atoms with Gasteiger partial charge in [0.2, 0.25) is 5.91 Å². The van der Waals surface area contributed by atoms with E-state index in [2.05, 4.69) is 24.5 Å². The van der Waals surface area contributed by atoms with Crippen LogP contribution in [0.25, 0.3) is 0 Å². The first-order valence-corrected chi connectivity index (χ1v) is 7.19. The molecular formula is C14H26N2O. The first-order valence-electron chi connectivity index (χ1n) is 7.19. The molecule has 1 heterocycles. The SMILES string of the molecule is CC1CCCC(NC2CCCNC(=O)C2)C1C. The van der Waals surface area contributed by atoms with E-state index in [0.717, 1.165) is 31.2 Å². The largest absolute Gasteiger partial charge is 0.356 e. The Kier molecular flexibility index (Phi) is 4.43. The third-order valence-corrected chi connectivity index (χ3v) is 4.64. The summed E-state index contributed by atoms with van der Waals surface area (Å²) in [5.41, 5.74) is 0. The molecular weight excluding hydrogens is 212 g/mol. The minimum Gasteiger partial charge on any atom is -0.356 e. The van der Waals surface area contributed by atoms with Crippen LogP contribution in [0.4, 0.5) is 0 Å². The van der Waals surface area contributed by atoms with Gasteiger partial charge in [0.05, 0.1) is 0 Å². The molecule has 3 heteroatoms. The van der Waals surface area contributed by atoms with Crippen molar-refractivity contribution in [1.29, 1.82) is 0 Å². The number of rotatable bonds is 2. The Morgan fingerprint density at radius 3 is 2.82 bits per heavy atom. The molecule has 0 aromatic carbocycles. The number of hydrogen-bond acceptors (Lipinski definition) is 2. The lowest BCUT2D eigenvalue weighted by Crippen LogP contribution is -2.46. The van der Waals surface area contributed by atoms with Gasteiger partial charge in [-0.15, -0.1) is 0 Å². The second-order valence-corrected chi connectivity index (χ2v) is 5.93. The molecule has 0 aromatic rings. The number of amides is 1. The van der Waals surface area contributed by atoms with E-state index in [1.54, 1.807) is 0 Å². The zero-order chi connectivity index (χ0) is 12.3. The Bertz CT molecular complexity index is 267. The Morgan fingerprint density at radius 1 is 1.18 bits per heavy atom. The molecule has 1 saturated heterocycles. The number of hydrogen-bond donors (Lipinski definition) is 2. The van der Waals surface area contributed by atoms with Gasteiger partial charge in [-0.3, -0.25) is 4.79 Å². The smallest absolute Gasteiger partial charge is 0.221 e. The molecule has 3 nitrogen and oxygen atoms in total. The monoisotopic (exact) mass is 238 g/mol. The van der Waals surface area contributed by atoms with E-state index < -0.39 is 0 Å². The summed E-state index contributed by atoms with van der Waals surface area (Å²) in [6.45, 7) is 5.57. The van der Waals surface area contributed by atoms with E-state index in [1.165, 1.54) is 19.3 Å². The summed E-state index contributed by atoms with van der Waals surface area (Å²) in [6.07, 6.45) is 6.89. The van der Waals surface area contributed by atoms with E-state index in [-0.39, 0.29) is 5.91 Å². The van der Waals surface area contributed by atoms with Gasteiger partial charge in [0.1, 0.15) is 0 Å². The fourth-order valence-corrected chi connectivity index (χ4v) is 3.24. The molecule has 1 saturated carbocycles.